The monoisotopic (exact) mass is 292 g/mol. The number of nitrogens with one attached hydrogen (secondary N) is 1. The fraction of sp³-hybridized carbons (Fsp3) is 0.250. The van der Waals surface area contributed by atoms with E-state index in [1.807, 2.05) is 43.3 Å². The zero-order valence-electron chi connectivity index (χ0n) is 12.0. The van der Waals surface area contributed by atoms with Crippen LogP contribution in [0.25, 0.3) is 0 Å². The van der Waals surface area contributed by atoms with Crippen molar-refractivity contribution in [2.45, 2.75) is 6.10 Å². The summed E-state index contributed by atoms with van der Waals surface area (Å²) < 4.78 is 26.5. The van der Waals surface area contributed by atoms with Crippen molar-refractivity contribution in [2.75, 3.05) is 30.9 Å². The molecule has 0 aliphatic carbocycles. The highest BCUT2D eigenvalue weighted by Gasteiger charge is 2.14. The zero-order chi connectivity index (χ0) is 15.4. The first-order valence-electron chi connectivity index (χ1n) is 6.62. The Hall–Kier alpha value is -2.14. The van der Waals surface area contributed by atoms with Crippen LogP contribution in [-0.4, -0.2) is 25.7 Å². The largest absolute Gasteiger partial charge is 0.386 e. The number of halogens is 2. The summed E-state index contributed by atoms with van der Waals surface area (Å²) in [7, 11) is 3.83. The summed E-state index contributed by atoms with van der Waals surface area (Å²) in [5.41, 5.74) is 1.87. The lowest BCUT2D eigenvalue weighted by atomic mass is 10.1. The van der Waals surface area contributed by atoms with Gasteiger partial charge in [-0.3, -0.25) is 0 Å². The zero-order valence-corrected chi connectivity index (χ0v) is 12.0. The number of aliphatic hydroxyl groups is 1. The molecule has 3 nitrogen and oxygen atoms in total. The number of hydrogen-bond acceptors (Lipinski definition) is 3. The molecule has 0 saturated heterocycles. The van der Waals surface area contributed by atoms with Gasteiger partial charge in [-0.05, 0) is 18.2 Å². The molecule has 0 bridgehead atoms. The number of nitrogens with zero attached hydrogens (tertiary/aromatic N) is 1. The summed E-state index contributed by atoms with van der Waals surface area (Å²) in [6, 6.07) is 10.8. The summed E-state index contributed by atoms with van der Waals surface area (Å²) >= 11 is 0. The molecule has 2 aromatic carbocycles. The maximum Gasteiger partial charge on any atom is 0.131 e. The van der Waals surface area contributed by atoms with E-state index in [1.54, 1.807) is 0 Å². The smallest absolute Gasteiger partial charge is 0.131 e. The summed E-state index contributed by atoms with van der Waals surface area (Å²) in [5, 5.41) is 13.1. The highest BCUT2D eigenvalue weighted by atomic mass is 19.1. The van der Waals surface area contributed by atoms with E-state index in [1.165, 1.54) is 6.07 Å². The van der Waals surface area contributed by atoms with Crippen LogP contribution in [-0.2, 0) is 0 Å². The van der Waals surface area contributed by atoms with Crippen molar-refractivity contribution in [1.82, 2.24) is 0 Å². The van der Waals surface area contributed by atoms with Crippen LogP contribution in [0.3, 0.4) is 0 Å². The topological polar surface area (TPSA) is 35.5 Å². The standard InChI is InChI=1S/C16H18F2N2O/c1-20(2)15-6-4-3-5-14(15)19-10-16(21)12-8-7-11(17)9-13(12)18/h3-9,16,19,21H,10H2,1-2H3. The van der Waals surface area contributed by atoms with Gasteiger partial charge < -0.3 is 15.3 Å². The van der Waals surface area contributed by atoms with E-state index < -0.39 is 17.7 Å². The lowest BCUT2D eigenvalue weighted by molar-refractivity contribution is 0.186. The van der Waals surface area contributed by atoms with Gasteiger partial charge in [0.2, 0.25) is 0 Å². The van der Waals surface area contributed by atoms with Crippen molar-refractivity contribution in [3.8, 4) is 0 Å². The molecule has 2 N–H and O–H groups in total. The van der Waals surface area contributed by atoms with Crippen molar-refractivity contribution in [2.24, 2.45) is 0 Å². The molecule has 1 unspecified atom stereocenters. The van der Waals surface area contributed by atoms with Gasteiger partial charge in [-0.15, -0.1) is 0 Å². The minimum Gasteiger partial charge on any atom is -0.386 e. The Morgan fingerprint density at radius 1 is 1.14 bits per heavy atom. The maximum absolute atomic E-state index is 13.6. The van der Waals surface area contributed by atoms with Crippen molar-refractivity contribution < 1.29 is 13.9 Å². The number of hydrogen-bond donors (Lipinski definition) is 2. The summed E-state index contributed by atoms with van der Waals surface area (Å²) in [6.07, 6.45) is -1.05. The van der Waals surface area contributed by atoms with Crippen LogP contribution in [0.15, 0.2) is 42.5 Å². The van der Waals surface area contributed by atoms with Gasteiger partial charge >= 0.3 is 0 Å². The van der Waals surface area contributed by atoms with E-state index in [0.29, 0.717) is 0 Å². The quantitative estimate of drug-likeness (QED) is 0.888. The summed E-state index contributed by atoms with van der Waals surface area (Å²) in [6.45, 7) is 0.132. The molecule has 0 heterocycles. The van der Waals surface area contributed by atoms with Gasteiger partial charge in [-0.1, -0.05) is 18.2 Å². The fourth-order valence-corrected chi connectivity index (χ4v) is 2.10. The third-order valence-corrected chi connectivity index (χ3v) is 3.19. The van der Waals surface area contributed by atoms with Crippen molar-refractivity contribution in [1.29, 1.82) is 0 Å². The third-order valence-electron chi connectivity index (χ3n) is 3.19. The molecular formula is C16H18F2N2O. The van der Waals surface area contributed by atoms with Crippen LogP contribution < -0.4 is 10.2 Å². The van der Waals surface area contributed by atoms with Gasteiger partial charge in [-0.2, -0.15) is 0 Å². The second-order valence-electron chi connectivity index (χ2n) is 4.97. The second-order valence-corrected chi connectivity index (χ2v) is 4.97. The van der Waals surface area contributed by atoms with Gasteiger partial charge in [0.15, 0.2) is 0 Å². The molecule has 0 fully saturated rings. The first-order valence-corrected chi connectivity index (χ1v) is 6.62. The molecule has 2 rings (SSSR count). The first-order chi connectivity index (χ1) is 9.99. The van der Waals surface area contributed by atoms with Crippen LogP contribution in [0.5, 0.6) is 0 Å². The average molecular weight is 292 g/mol. The molecule has 21 heavy (non-hydrogen) atoms. The lowest BCUT2D eigenvalue weighted by Gasteiger charge is -2.20. The fourth-order valence-electron chi connectivity index (χ4n) is 2.10. The summed E-state index contributed by atoms with van der Waals surface area (Å²) in [5.74, 6) is -1.40. The number of rotatable bonds is 5. The third kappa shape index (κ3) is 3.70. The second kappa shape index (κ2) is 6.54. The Kier molecular flexibility index (Phi) is 4.75. The predicted octanol–water partition coefficient (Wildman–Crippen LogP) is 3.18. The Morgan fingerprint density at radius 2 is 1.86 bits per heavy atom. The van der Waals surface area contributed by atoms with Gasteiger partial charge in [0, 0.05) is 32.3 Å². The van der Waals surface area contributed by atoms with E-state index in [9.17, 15) is 13.9 Å². The van der Waals surface area contributed by atoms with Gasteiger partial charge in [0.1, 0.15) is 11.6 Å². The Bertz CT molecular complexity index is 617. The molecule has 0 aliphatic heterocycles. The molecule has 0 saturated carbocycles. The number of aliphatic hydroxyl groups excluding tert-OH is 1. The molecule has 0 aromatic heterocycles. The van der Waals surface area contributed by atoms with Crippen LogP contribution in [0.2, 0.25) is 0 Å². The van der Waals surface area contributed by atoms with Gasteiger partial charge in [0.25, 0.3) is 0 Å². The molecule has 2 aromatic rings. The molecule has 0 aliphatic rings. The van der Waals surface area contributed by atoms with Crippen LogP contribution in [0.1, 0.15) is 11.7 Å². The van der Waals surface area contributed by atoms with Crippen molar-refractivity contribution in [3.63, 3.8) is 0 Å². The molecule has 0 spiro atoms. The molecule has 5 heteroatoms. The van der Waals surface area contributed by atoms with E-state index in [2.05, 4.69) is 5.32 Å². The molecular weight excluding hydrogens is 274 g/mol. The molecule has 0 radical (unpaired) electrons. The Balaban J connectivity index is 2.09. The van der Waals surface area contributed by atoms with E-state index in [0.717, 1.165) is 23.5 Å². The molecule has 112 valence electrons. The summed E-state index contributed by atoms with van der Waals surface area (Å²) in [4.78, 5) is 1.94. The van der Waals surface area contributed by atoms with Crippen LogP contribution in [0.4, 0.5) is 20.2 Å². The number of anilines is 2. The Labute approximate surface area is 122 Å². The molecule has 1 atom stereocenters. The van der Waals surface area contributed by atoms with Crippen molar-refractivity contribution in [3.05, 3.63) is 59.7 Å². The van der Waals surface area contributed by atoms with E-state index in [4.69, 9.17) is 0 Å². The number of para-hydroxylation sites is 2. The van der Waals surface area contributed by atoms with Gasteiger partial charge in [-0.25, -0.2) is 8.78 Å². The van der Waals surface area contributed by atoms with Crippen LogP contribution in [0, 0.1) is 11.6 Å². The number of benzene rings is 2. The van der Waals surface area contributed by atoms with Crippen molar-refractivity contribution >= 4 is 11.4 Å². The Morgan fingerprint density at radius 3 is 2.52 bits per heavy atom. The highest BCUT2D eigenvalue weighted by Crippen LogP contribution is 2.25. The average Bonchev–Trinajstić information content (AvgIpc) is 2.45. The lowest BCUT2D eigenvalue weighted by Crippen LogP contribution is -2.16. The highest BCUT2D eigenvalue weighted by molar-refractivity contribution is 5.69. The molecule has 0 amide bonds. The van der Waals surface area contributed by atoms with Crippen LogP contribution >= 0.6 is 0 Å². The van der Waals surface area contributed by atoms with Gasteiger partial charge in [0.05, 0.1) is 17.5 Å². The minimum atomic E-state index is -1.05. The first kappa shape index (κ1) is 15.3. The normalized spacial score (nSPS) is 12.0. The maximum atomic E-state index is 13.6. The SMILES string of the molecule is CN(C)c1ccccc1NCC(O)c1ccc(F)cc1F. The van der Waals surface area contributed by atoms with E-state index >= 15 is 0 Å². The predicted molar refractivity (Wildman–Crippen MR) is 80.6 cm³/mol. The van der Waals surface area contributed by atoms with E-state index in [-0.39, 0.29) is 12.1 Å². The minimum absolute atomic E-state index is 0.0752.